The first-order chi connectivity index (χ1) is 10.2. The lowest BCUT2D eigenvalue weighted by atomic mass is 10.1. The molecule has 0 spiro atoms. The van der Waals surface area contributed by atoms with Gasteiger partial charge in [-0.2, -0.15) is 0 Å². The van der Waals surface area contributed by atoms with Gasteiger partial charge in [0.05, 0.1) is 12.7 Å². The van der Waals surface area contributed by atoms with Crippen molar-refractivity contribution in [2.75, 3.05) is 26.4 Å². The zero-order valence-electron chi connectivity index (χ0n) is 13.0. The van der Waals surface area contributed by atoms with Crippen molar-refractivity contribution in [1.29, 1.82) is 0 Å². The predicted octanol–water partition coefficient (Wildman–Crippen LogP) is 2.62. The molecule has 1 heterocycles. The van der Waals surface area contributed by atoms with E-state index in [1.807, 2.05) is 32.0 Å². The smallest absolute Gasteiger partial charge is 0.251 e. The molecule has 4 heteroatoms. The fourth-order valence-corrected chi connectivity index (χ4v) is 2.35. The molecule has 1 aromatic rings. The number of carbonyl (C=O) groups is 1. The van der Waals surface area contributed by atoms with Gasteiger partial charge in [-0.25, -0.2) is 0 Å². The Balaban J connectivity index is 1.59. The second-order valence-electron chi connectivity index (χ2n) is 5.62. The van der Waals surface area contributed by atoms with Crippen molar-refractivity contribution in [2.45, 2.75) is 39.2 Å². The lowest BCUT2D eigenvalue weighted by molar-refractivity contribution is 0.0166. The highest BCUT2D eigenvalue weighted by Crippen LogP contribution is 2.12. The largest absolute Gasteiger partial charge is 0.379 e. The van der Waals surface area contributed by atoms with Crippen LogP contribution in [-0.4, -0.2) is 38.4 Å². The Kier molecular flexibility index (Phi) is 6.21. The first-order valence-electron chi connectivity index (χ1n) is 7.71. The molecular formula is C17H25NO3. The average Bonchev–Trinajstić information content (AvgIpc) is 2.98. The van der Waals surface area contributed by atoms with E-state index in [0.29, 0.717) is 19.8 Å². The zero-order chi connectivity index (χ0) is 15.1. The highest BCUT2D eigenvalue weighted by molar-refractivity contribution is 5.94. The van der Waals surface area contributed by atoms with Gasteiger partial charge < -0.3 is 14.8 Å². The van der Waals surface area contributed by atoms with Crippen molar-refractivity contribution in [2.24, 2.45) is 0 Å². The number of hydrogen-bond donors (Lipinski definition) is 1. The van der Waals surface area contributed by atoms with Crippen molar-refractivity contribution in [3.05, 3.63) is 34.9 Å². The predicted molar refractivity (Wildman–Crippen MR) is 82.7 cm³/mol. The summed E-state index contributed by atoms with van der Waals surface area (Å²) in [6.45, 7) is 6.89. The van der Waals surface area contributed by atoms with Gasteiger partial charge in [-0.1, -0.05) is 6.07 Å². The molecule has 4 nitrogen and oxygen atoms in total. The normalized spacial score (nSPS) is 17.9. The van der Waals surface area contributed by atoms with E-state index >= 15 is 0 Å². The Hall–Kier alpha value is -1.39. The van der Waals surface area contributed by atoms with Gasteiger partial charge in [0, 0.05) is 25.3 Å². The molecule has 0 saturated carbocycles. The van der Waals surface area contributed by atoms with E-state index in [2.05, 4.69) is 5.32 Å². The summed E-state index contributed by atoms with van der Waals surface area (Å²) in [4.78, 5) is 12.0. The van der Waals surface area contributed by atoms with Crippen LogP contribution in [0.3, 0.4) is 0 Å². The van der Waals surface area contributed by atoms with Gasteiger partial charge >= 0.3 is 0 Å². The molecule has 1 aliphatic heterocycles. The van der Waals surface area contributed by atoms with Crippen molar-refractivity contribution in [3.63, 3.8) is 0 Å². The van der Waals surface area contributed by atoms with Crippen LogP contribution in [0.5, 0.6) is 0 Å². The topological polar surface area (TPSA) is 47.6 Å². The molecule has 1 unspecified atom stereocenters. The maximum atomic E-state index is 12.0. The third-order valence-corrected chi connectivity index (χ3v) is 3.85. The highest BCUT2D eigenvalue weighted by Gasteiger charge is 2.14. The average molecular weight is 291 g/mol. The zero-order valence-corrected chi connectivity index (χ0v) is 13.0. The number of hydrogen-bond acceptors (Lipinski definition) is 3. The highest BCUT2D eigenvalue weighted by atomic mass is 16.5. The van der Waals surface area contributed by atoms with Gasteiger partial charge in [-0.3, -0.25) is 4.79 Å². The summed E-state index contributed by atoms with van der Waals surface area (Å²) in [7, 11) is 0. The number of benzene rings is 1. The molecule has 116 valence electrons. The molecule has 0 radical (unpaired) electrons. The molecule has 1 aromatic carbocycles. The second kappa shape index (κ2) is 8.15. The summed E-state index contributed by atoms with van der Waals surface area (Å²) in [6, 6.07) is 5.78. The molecule has 1 fully saturated rings. The fourth-order valence-electron chi connectivity index (χ4n) is 2.35. The van der Waals surface area contributed by atoms with E-state index < -0.39 is 0 Å². The second-order valence-corrected chi connectivity index (χ2v) is 5.62. The lowest BCUT2D eigenvalue weighted by Gasteiger charge is -2.10. The standard InChI is InChI=1S/C17H25NO3/c1-13-6-7-15(11-14(13)2)17(19)18-8-4-9-20-12-16-5-3-10-21-16/h6-7,11,16H,3-5,8-10,12H2,1-2H3,(H,18,19). The van der Waals surface area contributed by atoms with E-state index in [1.165, 1.54) is 5.56 Å². The molecule has 1 saturated heterocycles. The first-order valence-corrected chi connectivity index (χ1v) is 7.71. The molecule has 0 aromatic heterocycles. The fraction of sp³-hybridized carbons (Fsp3) is 0.588. The summed E-state index contributed by atoms with van der Waals surface area (Å²) < 4.78 is 11.0. The minimum absolute atomic E-state index is 0.0165. The van der Waals surface area contributed by atoms with Gasteiger partial charge in [0.25, 0.3) is 5.91 Å². The molecule has 1 N–H and O–H groups in total. The van der Waals surface area contributed by atoms with Crippen molar-refractivity contribution in [1.82, 2.24) is 5.32 Å². The van der Waals surface area contributed by atoms with Crippen LogP contribution in [0.25, 0.3) is 0 Å². The Morgan fingerprint density at radius 1 is 1.38 bits per heavy atom. The summed E-state index contributed by atoms with van der Waals surface area (Å²) in [5.41, 5.74) is 3.06. The van der Waals surface area contributed by atoms with Gasteiger partial charge in [0.15, 0.2) is 0 Å². The van der Waals surface area contributed by atoms with Crippen LogP contribution in [0, 0.1) is 13.8 Å². The minimum atomic E-state index is -0.0165. The van der Waals surface area contributed by atoms with Crippen molar-refractivity contribution in [3.8, 4) is 0 Å². The SMILES string of the molecule is Cc1ccc(C(=O)NCCCOCC2CCCO2)cc1C. The number of carbonyl (C=O) groups excluding carboxylic acids is 1. The number of aryl methyl sites for hydroxylation is 2. The quantitative estimate of drug-likeness (QED) is 0.786. The number of ether oxygens (including phenoxy) is 2. The summed E-state index contributed by atoms with van der Waals surface area (Å²) in [5.74, 6) is -0.0165. The molecule has 1 aliphatic rings. The summed E-state index contributed by atoms with van der Waals surface area (Å²) in [5, 5.41) is 2.92. The number of nitrogens with one attached hydrogen (secondary N) is 1. The lowest BCUT2D eigenvalue weighted by Crippen LogP contribution is -2.25. The van der Waals surface area contributed by atoms with E-state index in [4.69, 9.17) is 9.47 Å². The maximum absolute atomic E-state index is 12.0. The van der Waals surface area contributed by atoms with E-state index in [1.54, 1.807) is 0 Å². The van der Waals surface area contributed by atoms with Crippen LogP contribution in [0.1, 0.15) is 40.7 Å². The van der Waals surface area contributed by atoms with Crippen LogP contribution in [0.15, 0.2) is 18.2 Å². The molecule has 21 heavy (non-hydrogen) atoms. The van der Waals surface area contributed by atoms with Gasteiger partial charge in [0.1, 0.15) is 0 Å². The summed E-state index contributed by atoms with van der Waals surface area (Å²) >= 11 is 0. The molecule has 0 bridgehead atoms. The Morgan fingerprint density at radius 3 is 2.95 bits per heavy atom. The summed E-state index contributed by atoms with van der Waals surface area (Å²) in [6.07, 6.45) is 3.34. The van der Waals surface area contributed by atoms with E-state index in [-0.39, 0.29) is 12.0 Å². The molecule has 1 atom stereocenters. The molecule has 2 rings (SSSR count). The monoisotopic (exact) mass is 291 g/mol. The third-order valence-electron chi connectivity index (χ3n) is 3.85. The minimum Gasteiger partial charge on any atom is -0.379 e. The van der Waals surface area contributed by atoms with E-state index in [0.717, 1.165) is 37.0 Å². The first kappa shape index (κ1) is 16.0. The maximum Gasteiger partial charge on any atom is 0.251 e. The van der Waals surface area contributed by atoms with Gasteiger partial charge in [-0.05, 0) is 56.4 Å². The van der Waals surface area contributed by atoms with E-state index in [9.17, 15) is 4.79 Å². The van der Waals surface area contributed by atoms with Crippen LogP contribution >= 0.6 is 0 Å². The Bertz CT molecular complexity index is 467. The number of rotatable bonds is 7. The Morgan fingerprint density at radius 2 is 2.24 bits per heavy atom. The van der Waals surface area contributed by atoms with Gasteiger partial charge in [-0.15, -0.1) is 0 Å². The molecular weight excluding hydrogens is 266 g/mol. The third kappa shape index (κ3) is 5.14. The molecule has 0 aliphatic carbocycles. The van der Waals surface area contributed by atoms with Crippen LogP contribution in [0.2, 0.25) is 0 Å². The Labute approximate surface area is 126 Å². The van der Waals surface area contributed by atoms with Crippen LogP contribution < -0.4 is 5.32 Å². The van der Waals surface area contributed by atoms with Crippen molar-refractivity contribution < 1.29 is 14.3 Å². The van der Waals surface area contributed by atoms with Crippen molar-refractivity contribution >= 4 is 5.91 Å². The van der Waals surface area contributed by atoms with Crippen LogP contribution in [0.4, 0.5) is 0 Å². The number of amides is 1. The van der Waals surface area contributed by atoms with Crippen LogP contribution in [-0.2, 0) is 9.47 Å². The van der Waals surface area contributed by atoms with Gasteiger partial charge in [0.2, 0.25) is 0 Å². The molecule has 1 amide bonds.